The van der Waals surface area contributed by atoms with Crippen LogP contribution in [0.15, 0.2) is 182 Å². The minimum absolute atomic E-state index is 0.575. The van der Waals surface area contributed by atoms with Crippen molar-refractivity contribution in [1.29, 1.82) is 0 Å². The Morgan fingerprint density at radius 1 is 0.333 bits per heavy atom. The van der Waals surface area contributed by atoms with E-state index in [-0.39, 0.29) is 0 Å². The van der Waals surface area contributed by atoms with E-state index in [0.717, 1.165) is 49.7 Å². The molecule has 9 aromatic carbocycles. The molecule has 5 heteroatoms. The maximum absolute atomic E-state index is 5.30. The fraction of sp³-hybridized carbons (Fsp3) is 0.0192. The van der Waals surface area contributed by atoms with Crippen LogP contribution in [0.2, 0.25) is 0 Å². The van der Waals surface area contributed by atoms with Gasteiger partial charge in [-0.2, -0.15) is 9.97 Å². The second kappa shape index (κ2) is 12.2. The molecule has 0 fully saturated rings. The van der Waals surface area contributed by atoms with Crippen molar-refractivity contribution < 1.29 is 0 Å². The van der Waals surface area contributed by atoms with E-state index in [9.17, 15) is 0 Å². The van der Waals surface area contributed by atoms with Gasteiger partial charge in [-0.25, -0.2) is 4.98 Å². The molecule has 0 amide bonds. The summed E-state index contributed by atoms with van der Waals surface area (Å²) in [6.45, 7) is 2.10. The maximum Gasteiger partial charge on any atom is 0.238 e. The van der Waals surface area contributed by atoms with E-state index in [1.165, 1.54) is 48.7 Å². The Kier molecular flexibility index (Phi) is 6.78. The highest BCUT2D eigenvalue weighted by atomic mass is 15.2. The molecular weight excluding hydrogens is 695 g/mol. The number of aromatic nitrogens is 5. The Labute approximate surface area is 327 Å². The molecule has 0 spiro atoms. The monoisotopic (exact) mass is 727 g/mol. The average Bonchev–Trinajstić information content (AvgIpc) is 3.80. The third-order valence-corrected chi connectivity index (χ3v) is 11.6. The van der Waals surface area contributed by atoms with Crippen molar-refractivity contribution in [3.8, 4) is 34.4 Å². The second-order valence-electron chi connectivity index (χ2n) is 14.9. The van der Waals surface area contributed by atoms with Crippen molar-refractivity contribution in [2.75, 3.05) is 0 Å². The largest absolute Gasteiger partial charge is 0.307 e. The zero-order valence-electron chi connectivity index (χ0n) is 31.1. The van der Waals surface area contributed by atoms with Crippen LogP contribution in [0.4, 0.5) is 0 Å². The van der Waals surface area contributed by atoms with Gasteiger partial charge in [-0.3, -0.25) is 4.57 Å². The summed E-state index contributed by atoms with van der Waals surface area (Å²) >= 11 is 0. The van der Waals surface area contributed by atoms with Crippen molar-refractivity contribution in [1.82, 2.24) is 24.1 Å². The lowest BCUT2D eigenvalue weighted by Gasteiger charge is -2.15. The van der Waals surface area contributed by atoms with Crippen LogP contribution in [0.25, 0.3) is 110 Å². The Bertz CT molecular complexity index is 3540. The standard InChI is InChI=1S/C52H33N5/c1-32-23-25-34(26-24-32)51-53-50(33-13-3-2-4-14-33)54-52(55-51)57-47-22-12-10-20-42(47)44-30-29-43-41-19-9-11-21-46(41)56(48(43)49(44)57)35-27-28-40-38-17-6-5-15-36(38)37-16-7-8-18-39(37)45(40)31-35/h2-31H,1H3. The molecule has 57 heavy (non-hydrogen) atoms. The number of benzene rings is 9. The summed E-state index contributed by atoms with van der Waals surface area (Å²) in [5, 5.41) is 12.1. The zero-order valence-corrected chi connectivity index (χ0v) is 31.1. The summed E-state index contributed by atoms with van der Waals surface area (Å²) in [6.07, 6.45) is 0. The average molecular weight is 728 g/mol. The molecule has 12 rings (SSSR count). The quantitative estimate of drug-likeness (QED) is 0.170. The number of hydrogen-bond donors (Lipinski definition) is 0. The molecule has 0 atom stereocenters. The van der Waals surface area contributed by atoms with Gasteiger partial charge < -0.3 is 4.57 Å². The SMILES string of the molecule is Cc1ccc(-c2nc(-c3ccccc3)nc(-n3c4ccccc4c4ccc5c6ccccc6n(-c6ccc7c8ccccc8c8ccccc8c7c6)c5c43)n2)cc1. The van der Waals surface area contributed by atoms with Crippen LogP contribution in [-0.4, -0.2) is 24.1 Å². The van der Waals surface area contributed by atoms with E-state index < -0.39 is 0 Å². The van der Waals surface area contributed by atoms with Gasteiger partial charge in [-0.05, 0) is 63.5 Å². The Hall–Kier alpha value is -7.63. The van der Waals surface area contributed by atoms with Crippen molar-refractivity contribution in [3.63, 3.8) is 0 Å². The molecule has 0 radical (unpaired) electrons. The Balaban J connectivity index is 1.23. The lowest BCUT2D eigenvalue weighted by Crippen LogP contribution is -2.07. The molecule has 12 aromatic rings. The molecule has 0 aliphatic carbocycles. The summed E-state index contributed by atoms with van der Waals surface area (Å²) in [7, 11) is 0. The fourth-order valence-electron chi connectivity index (χ4n) is 9.02. The van der Waals surface area contributed by atoms with Gasteiger partial charge in [0.2, 0.25) is 5.95 Å². The lowest BCUT2D eigenvalue weighted by atomic mass is 9.94. The fourth-order valence-corrected chi connectivity index (χ4v) is 9.02. The van der Waals surface area contributed by atoms with Crippen molar-refractivity contribution in [3.05, 3.63) is 188 Å². The molecule has 0 N–H and O–H groups in total. The summed E-state index contributed by atoms with van der Waals surface area (Å²) < 4.78 is 4.71. The molecule has 0 aliphatic heterocycles. The zero-order chi connectivity index (χ0) is 37.6. The third-order valence-electron chi connectivity index (χ3n) is 11.6. The number of rotatable bonds is 4. The first-order chi connectivity index (χ1) is 28.2. The molecular formula is C52H33N5. The van der Waals surface area contributed by atoms with Gasteiger partial charge in [0.25, 0.3) is 0 Å². The summed E-state index contributed by atoms with van der Waals surface area (Å²) in [6, 6.07) is 65.1. The number of para-hydroxylation sites is 2. The molecule has 0 unspecified atom stereocenters. The van der Waals surface area contributed by atoms with Crippen LogP contribution in [0, 0.1) is 6.92 Å². The first kappa shape index (κ1) is 31.7. The van der Waals surface area contributed by atoms with Crippen LogP contribution in [0.5, 0.6) is 0 Å². The van der Waals surface area contributed by atoms with Gasteiger partial charge in [0.15, 0.2) is 11.6 Å². The highest BCUT2D eigenvalue weighted by molar-refractivity contribution is 6.27. The highest BCUT2D eigenvalue weighted by Crippen LogP contribution is 2.43. The van der Waals surface area contributed by atoms with Crippen LogP contribution in [0.3, 0.4) is 0 Å². The topological polar surface area (TPSA) is 48.5 Å². The Morgan fingerprint density at radius 2 is 0.772 bits per heavy atom. The molecule has 3 heterocycles. The van der Waals surface area contributed by atoms with E-state index in [2.05, 4.69) is 180 Å². The third kappa shape index (κ3) is 4.72. The van der Waals surface area contributed by atoms with Gasteiger partial charge in [0.05, 0.1) is 22.1 Å². The summed E-state index contributed by atoms with van der Waals surface area (Å²) in [4.78, 5) is 15.7. The van der Waals surface area contributed by atoms with Crippen molar-refractivity contribution in [2.45, 2.75) is 6.92 Å². The normalized spacial score (nSPS) is 11.9. The van der Waals surface area contributed by atoms with Crippen molar-refractivity contribution >= 4 is 75.9 Å². The van der Waals surface area contributed by atoms with E-state index in [4.69, 9.17) is 15.0 Å². The molecule has 5 nitrogen and oxygen atoms in total. The first-order valence-electron chi connectivity index (χ1n) is 19.4. The second-order valence-corrected chi connectivity index (χ2v) is 14.9. The molecule has 3 aromatic heterocycles. The smallest absolute Gasteiger partial charge is 0.238 e. The number of nitrogens with zero attached hydrogens (tertiary/aromatic N) is 5. The predicted molar refractivity (Wildman–Crippen MR) is 237 cm³/mol. The summed E-state index contributed by atoms with van der Waals surface area (Å²) in [5.74, 6) is 1.83. The number of aryl methyl sites for hydroxylation is 1. The minimum atomic E-state index is 0.575. The highest BCUT2D eigenvalue weighted by Gasteiger charge is 2.24. The lowest BCUT2D eigenvalue weighted by molar-refractivity contribution is 0.953. The molecule has 0 saturated carbocycles. The molecule has 0 bridgehead atoms. The number of fused-ring (bicyclic) bond motifs is 13. The van der Waals surface area contributed by atoms with E-state index in [0.29, 0.717) is 17.6 Å². The Morgan fingerprint density at radius 3 is 1.37 bits per heavy atom. The van der Waals surface area contributed by atoms with E-state index >= 15 is 0 Å². The van der Waals surface area contributed by atoms with Crippen LogP contribution >= 0.6 is 0 Å². The van der Waals surface area contributed by atoms with Gasteiger partial charge >= 0.3 is 0 Å². The summed E-state index contributed by atoms with van der Waals surface area (Å²) in [5.41, 5.74) is 8.49. The number of hydrogen-bond acceptors (Lipinski definition) is 3. The van der Waals surface area contributed by atoms with Gasteiger partial charge in [0, 0.05) is 38.4 Å². The minimum Gasteiger partial charge on any atom is -0.307 e. The molecule has 0 aliphatic rings. The van der Waals surface area contributed by atoms with Crippen molar-refractivity contribution in [2.24, 2.45) is 0 Å². The van der Waals surface area contributed by atoms with Crippen LogP contribution in [0.1, 0.15) is 5.56 Å². The van der Waals surface area contributed by atoms with Gasteiger partial charge in [-0.1, -0.05) is 163 Å². The van der Waals surface area contributed by atoms with Gasteiger partial charge in [0.1, 0.15) is 0 Å². The van der Waals surface area contributed by atoms with Crippen LogP contribution < -0.4 is 0 Å². The maximum atomic E-state index is 5.30. The van der Waals surface area contributed by atoms with Crippen LogP contribution in [-0.2, 0) is 0 Å². The molecule has 0 saturated heterocycles. The molecule has 266 valence electrons. The predicted octanol–water partition coefficient (Wildman–Crippen LogP) is 13.2. The van der Waals surface area contributed by atoms with Gasteiger partial charge in [-0.15, -0.1) is 0 Å². The van der Waals surface area contributed by atoms with E-state index in [1.807, 2.05) is 18.2 Å². The van der Waals surface area contributed by atoms with E-state index in [1.54, 1.807) is 0 Å². The first-order valence-corrected chi connectivity index (χ1v) is 19.4.